The molecule has 78 valence electrons. The normalized spacial score (nSPS) is 9.47. The molecule has 0 amide bonds. The number of esters is 1. The van der Waals surface area contributed by atoms with Gasteiger partial charge in [-0.15, -0.1) is 12.6 Å². The molecule has 0 radical (unpaired) electrons. The van der Waals surface area contributed by atoms with Crippen LogP contribution in [0.5, 0.6) is 0 Å². The fourth-order valence-electron chi connectivity index (χ4n) is 1.09. The number of carbonyl (C=O) groups is 1. The van der Waals surface area contributed by atoms with Crippen LogP contribution in [0.25, 0.3) is 0 Å². The van der Waals surface area contributed by atoms with Crippen LogP contribution in [-0.4, -0.2) is 13.1 Å². The number of hydrogen-bond donors (Lipinski definition) is 1. The van der Waals surface area contributed by atoms with E-state index in [-0.39, 0.29) is 6.42 Å². The van der Waals surface area contributed by atoms with Gasteiger partial charge in [-0.2, -0.15) is 5.26 Å². The second kappa shape index (κ2) is 5.06. The number of thiol groups is 1. The minimum absolute atomic E-state index is 0.0175. The van der Waals surface area contributed by atoms with E-state index >= 15 is 0 Å². The number of hydrogen-bond acceptors (Lipinski definition) is 4. The van der Waals surface area contributed by atoms with Crippen molar-refractivity contribution in [3.8, 4) is 6.07 Å². The topological polar surface area (TPSA) is 50.1 Å². The number of ether oxygens (including phenoxy) is 1. The van der Waals surface area contributed by atoms with Gasteiger partial charge in [-0.25, -0.2) is 0 Å². The molecule has 15 heavy (non-hydrogen) atoms. The average Bonchev–Trinajstić information content (AvgIpc) is 2.24. The molecule has 0 atom stereocenters. The lowest BCUT2D eigenvalue weighted by molar-refractivity contribution is -0.139. The first-order chi connectivity index (χ1) is 7.10. The average molecular weight is 242 g/mol. The fraction of sp³-hybridized carbons (Fsp3) is 0.200. The lowest BCUT2D eigenvalue weighted by Gasteiger charge is -2.07. The molecule has 1 aromatic carbocycles. The predicted octanol–water partition coefficient (Wildman–Crippen LogP) is 2.22. The summed E-state index contributed by atoms with van der Waals surface area (Å²) in [5.74, 6) is -0.415. The Morgan fingerprint density at radius 1 is 1.67 bits per heavy atom. The molecule has 0 aliphatic carbocycles. The zero-order chi connectivity index (χ0) is 11.4. The maximum atomic E-state index is 11.1. The monoisotopic (exact) mass is 241 g/mol. The molecule has 0 unspecified atom stereocenters. The number of benzene rings is 1. The Kier molecular flexibility index (Phi) is 4.01. The summed E-state index contributed by atoms with van der Waals surface area (Å²) < 4.78 is 4.52. The highest BCUT2D eigenvalue weighted by Gasteiger charge is 2.13. The first-order valence-corrected chi connectivity index (χ1v) is 4.90. The van der Waals surface area contributed by atoms with E-state index in [1.165, 1.54) is 7.11 Å². The summed E-state index contributed by atoms with van der Waals surface area (Å²) in [7, 11) is 1.29. The van der Waals surface area contributed by atoms with Gasteiger partial charge in [-0.1, -0.05) is 11.6 Å². The van der Waals surface area contributed by atoms with Crippen LogP contribution in [0, 0.1) is 11.3 Å². The van der Waals surface area contributed by atoms with Crippen LogP contribution in [0.2, 0.25) is 5.02 Å². The van der Waals surface area contributed by atoms with Crippen molar-refractivity contribution in [2.45, 2.75) is 11.3 Å². The van der Waals surface area contributed by atoms with Crippen molar-refractivity contribution >= 4 is 30.2 Å². The second-order valence-corrected chi connectivity index (χ2v) is 3.64. The van der Waals surface area contributed by atoms with Crippen LogP contribution in [-0.2, 0) is 16.0 Å². The number of rotatable bonds is 2. The Morgan fingerprint density at radius 3 is 2.87 bits per heavy atom. The van der Waals surface area contributed by atoms with E-state index in [2.05, 4.69) is 17.4 Å². The Hall–Kier alpha value is -1.18. The number of carbonyl (C=O) groups excluding carboxylic acids is 1. The Morgan fingerprint density at radius 2 is 2.33 bits per heavy atom. The van der Waals surface area contributed by atoms with Gasteiger partial charge in [0.1, 0.15) is 6.07 Å². The van der Waals surface area contributed by atoms with Gasteiger partial charge in [0.05, 0.1) is 19.1 Å². The zero-order valence-corrected chi connectivity index (χ0v) is 9.60. The third-order valence-corrected chi connectivity index (χ3v) is 2.76. The quantitative estimate of drug-likeness (QED) is 0.638. The minimum atomic E-state index is -0.415. The highest BCUT2D eigenvalue weighted by molar-refractivity contribution is 7.80. The molecule has 0 heterocycles. The van der Waals surface area contributed by atoms with Crippen molar-refractivity contribution in [1.29, 1.82) is 5.26 Å². The molecular weight excluding hydrogens is 234 g/mol. The molecule has 0 saturated heterocycles. The molecule has 0 bridgehead atoms. The molecule has 3 nitrogen and oxygen atoms in total. The van der Waals surface area contributed by atoms with Crippen LogP contribution in [0.1, 0.15) is 11.1 Å². The molecule has 0 aliphatic rings. The standard InChI is InChI=1S/C10H8ClNO2S/c1-14-9(13)4-7-8(11)3-2-6(5-12)10(7)15/h2-3,15H,4H2,1H3. The summed E-state index contributed by atoms with van der Waals surface area (Å²) in [5.41, 5.74) is 0.910. The summed E-state index contributed by atoms with van der Waals surface area (Å²) in [5, 5.41) is 9.17. The molecular formula is C10H8ClNO2S. The van der Waals surface area contributed by atoms with Gasteiger partial charge < -0.3 is 4.74 Å². The van der Waals surface area contributed by atoms with Crippen LogP contribution >= 0.6 is 24.2 Å². The molecule has 0 spiro atoms. The van der Waals surface area contributed by atoms with E-state index in [0.717, 1.165) is 0 Å². The third-order valence-electron chi connectivity index (χ3n) is 1.89. The van der Waals surface area contributed by atoms with Gasteiger partial charge in [-0.05, 0) is 17.7 Å². The van der Waals surface area contributed by atoms with Gasteiger partial charge in [0.15, 0.2) is 0 Å². The van der Waals surface area contributed by atoms with E-state index in [1.807, 2.05) is 6.07 Å². The van der Waals surface area contributed by atoms with E-state index in [1.54, 1.807) is 12.1 Å². The largest absolute Gasteiger partial charge is 0.469 e. The number of halogens is 1. The van der Waals surface area contributed by atoms with Crippen molar-refractivity contribution in [3.63, 3.8) is 0 Å². The van der Waals surface area contributed by atoms with Crippen molar-refractivity contribution in [1.82, 2.24) is 0 Å². The zero-order valence-electron chi connectivity index (χ0n) is 7.95. The maximum absolute atomic E-state index is 11.1. The van der Waals surface area contributed by atoms with Crippen molar-refractivity contribution < 1.29 is 9.53 Å². The second-order valence-electron chi connectivity index (χ2n) is 2.79. The molecule has 1 aromatic rings. The number of nitriles is 1. The summed E-state index contributed by atoms with van der Waals surface area (Å²) in [4.78, 5) is 11.5. The number of nitrogens with zero attached hydrogens (tertiary/aromatic N) is 1. The van der Waals surface area contributed by atoms with Gasteiger partial charge in [0.25, 0.3) is 0 Å². The lowest BCUT2D eigenvalue weighted by Crippen LogP contribution is -2.06. The van der Waals surface area contributed by atoms with Crippen molar-refractivity contribution in [3.05, 3.63) is 28.3 Å². The van der Waals surface area contributed by atoms with Gasteiger partial charge in [0.2, 0.25) is 0 Å². The summed E-state index contributed by atoms with van der Waals surface area (Å²) in [6, 6.07) is 5.10. The first kappa shape index (κ1) is 11.9. The Balaban J connectivity index is 3.16. The van der Waals surface area contributed by atoms with Gasteiger partial charge in [0, 0.05) is 9.92 Å². The minimum Gasteiger partial charge on any atom is -0.469 e. The van der Waals surface area contributed by atoms with E-state index in [0.29, 0.717) is 21.0 Å². The van der Waals surface area contributed by atoms with Crippen LogP contribution in [0.3, 0.4) is 0 Å². The van der Waals surface area contributed by atoms with Crippen LogP contribution < -0.4 is 0 Å². The lowest BCUT2D eigenvalue weighted by atomic mass is 10.1. The molecule has 0 saturated carbocycles. The van der Waals surface area contributed by atoms with E-state index in [4.69, 9.17) is 16.9 Å². The van der Waals surface area contributed by atoms with Crippen LogP contribution in [0.15, 0.2) is 17.0 Å². The summed E-state index contributed by atoms with van der Waals surface area (Å²) in [6.07, 6.45) is 0.0175. The van der Waals surface area contributed by atoms with Gasteiger partial charge >= 0.3 is 5.97 Å². The van der Waals surface area contributed by atoms with E-state index < -0.39 is 5.97 Å². The molecule has 5 heteroatoms. The SMILES string of the molecule is COC(=O)Cc1c(Cl)ccc(C#N)c1S. The van der Waals surface area contributed by atoms with Crippen molar-refractivity contribution in [2.75, 3.05) is 7.11 Å². The summed E-state index contributed by atoms with van der Waals surface area (Å²) >= 11 is 10.1. The molecule has 0 aromatic heterocycles. The molecule has 0 N–H and O–H groups in total. The van der Waals surface area contributed by atoms with Crippen LogP contribution in [0.4, 0.5) is 0 Å². The van der Waals surface area contributed by atoms with Crippen molar-refractivity contribution in [2.24, 2.45) is 0 Å². The van der Waals surface area contributed by atoms with E-state index in [9.17, 15) is 4.79 Å². The third kappa shape index (κ3) is 2.65. The Labute approximate surface area is 98.0 Å². The predicted molar refractivity (Wildman–Crippen MR) is 59.1 cm³/mol. The number of methoxy groups -OCH3 is 1. The summed E-state index contributed by atoms with van der Waals surface area (Å²) in [6.45, 7) is 0. The smallest absolute Gasteiger partial charge is 0.310 e. The molecule has 0 aliphatic heterocycles. The maximum Gasteiger partial charge on any atom is 0.310 e. The Bertz CT molecular complexity index is 440. The molecule has 1 rings (SSSR count). The molecule has 0 fully saturated rings. The van der Waals surface area contributed by atoms with Gasteiger partial charge in [-0.3, -0.25) is 4.79 Å². The first-order valence-electron chi connectivity index (χ1n) is 4.07. The highest BCUT2D eigenvalue weighted by atomic mass is 35.5. The fourth-order valence-corrected chi connectivity index (χ4v) is 1.70. The highest BCUT2D eigenvalue weighted by Crippen LogP contribution is 2.27.